The number of hydrogen-bond acceptors (Lipinski definition) is 3. The van der Waals surface area contributed by atoms with Crippen LogP contribution in [0.1, 0.15) is 44.8 Å². The molecule has 1 saturated carbocycles. The number of hydrogen-bond donors (Lipinski definition) is 1. The summed E-state index contributed by atoms with van der Waals surface area (Å²) in [4.78, 5) is 4.67. The van der Waals surface area contributed by atoms with Gasteiger partial charge in [0.25, 0.3) is 0 Å². The van der Waals surface area contributed by atoms with E-state index in [1.165, 1.54) is 17.1 Å². The van der Waals surface area contributed by atoms with Crippen molar-refractivity contribution in [2.75, 3.05) is 6.54 Å². The standard InChI is InChI=1S/C13H22N2S/c1-9-5-10(9)6-14-7-11-8-16-12(15-11)13(2,3)4/h8-10,14H,5-7H2,1-4H3. The molecule has 0 amide bonds. The maximum Gasteiger partial charge on any atom is 0.0982 e. The van der Waals surface area contributed by atoms with Gasteiger partial charge in [0.1, 0.15) is 0 Å². The summed E-state index contributed by atoms with van der Waals surface area (Å²) in [6.07, 6.45) is 1.40. The maximum absolute atomic E-state index is 4.67. The van der Waals surface area contributed by atoms with Gasteiger partial charge in [-0.05, 0) is 24.8 Å². The lowest BCUT2D eigenvalue weighted by Crippen LogP contribution is -2.17. The van der Waals surface area contributed by atoms with Gasteiger partial charge in [-0.2, -0.15) is 0 Å². The number of nitrogens with one attached hydrogen (secondary N) is 1. The third kappa shape index (κ3) is 3.05. The first-order chi connectivity index (χ1) is 7.47. The molecule has 0 bridgehead atoms. The van der Waals surface area contributed by atoms with Crippen molar-refractivity contribution in [1.29, 1.82) is 0 Å². The van der Waals surface area contributed by atoms with Crippen molar-refractivity contribution >= 4 is 11.3 Å². The minimum Gasteiger partial charge on any atom is -0.311 e. The van der Waals surface area contributed by atoms with Gasteiger partial charge in [-0.1, -0.05) is 27.7 Å². The lowest BCUT2D eigenvalue weighted by atomic mass is 9.98. The Kier molecular flexibility index (Phi) is 3.36. The van der Waals surface area contributed by atoms with Crippen LogP contribution < -0.4 is 5.32 Å². The molecule has 16 heavy (non-hydrogen) atoms. The van der Waals surface area contributed by atoms with Crippen LogP contribution in [0.3, 0.4) is 0 Å². The molecule has 1 fully saturated rings. The fourth-order valence-corrected chi connectivity index (χ4v) is 2.71. The Morgan fingerprint density at radius 3 is 2.69 bits per heavy atom. The third-order valence-corrected chi connectivity index (χ3v) is 4.50. The van der Waals surface area contributed by atoms with Gasteiger partial charge < -0.3 is 5.32 Å². The molecule has 0 radical (unpaired) electrons. The van der Waals surface area contributed by atoms with Gasteiger partial charge in [0.05, 0.1) is 10.7 Å². The van der Waals surface area contributed by atoms with Gasteiger partial charge in [0.2, 0.25) is 0 Å². The Labute approximate surface area is 102 Å². The molecule has 1 aliphatic rings. The molecule has 1 aromatic rings. The highest BCUT2D eigenvalue weighted by Crippen LogP contribution is 2.36. The normalized spacial score (nSPS) is 24.8. The van der Waals surface area contributed by atoms with Crippen molar-refractivity contribution < 1.29 is 0 Å². The van der Waals surface area contributed by atoms with E-state index in [0.29, 0.717) is 0 Å². The van der Waals surface area contributed by atoms with Crippen molar-refractivity contribution in [1.82, 2.24) is 10.3 Å². The van der Waals surface area contributed by atoms with Gasteiger partial charge in [0, 0.05) is 17.3 Å². The Balaban J connectivity index is 1.79. The summed E-state index contributed by atoms with van der Waals surface area (Å²) in [5.74, 6) is 1.86. The van der Waals surface area contributed by atoms with Crippen LogP contribution in [0.2, 0.25) is 0 Å². The minimum absolute atomic E-state index is 0.188. The van der Waals surface area contributed by atoms with Crippen LogP contribution in [0.25, 0.3) is 0 Å². The zero-order chi connectivity index (χ0) is 11.8. The second-order valence-corrected chi connectivity index (χ2v) is 6.86. The highest BCUT2D eigenvalue weighted by molar-refractivity contribution is 7.09. The van der Waals surface area contributed by atoms with Crippen LogP contribution >= 0.6 is 11.3 Å². The Morgan fingerprint density at radius 2 is 2.19 bits per heavy atom. The molecule has 2 unspecified atom stereocenters. The molecule has 90 valence electrons. The highest BCUT2D eigenvalue weighted by Gasteiger charge is 2.31. The van der Waals surface area contributed by atoms with E-state index in [1.54, 1.807) is 11.3 Å². The molecular formula is C13H22N2S. The van der Waals surface area contributed by atoms with E-state index in [4.69, 9.17) is 0 Å². The van der Waals surface area contributed by atoms with Crippen molar-refractivity contribution in [2.24, 2.45) is 11.8 Å². The summed E-state index contributed by atoms with van der Waals surface area (Å²) in [5, 5.41) is 6.93. The van der Waals surface area contributed by atoms with Crippen molar-refractivity contribution in [3.8, 4) is 0 Å². The van der Waals surface area contributed by atoms with Crippen molar-refractivity contribution in [3.05, 3.63) is 16.1 Å². The average molecular weight is 238 g/mol. The highest BCUT2D eigenvalue weighted by atomic mass is 32.1. The predicted molar refractivity (Wildman–Crippen MR) is 69.8 cm³/mol. The van der Waals surface area contributed by atoms with Crippen molar-refractivity contribution in [2.45, 2.75) is 46.1 Å². The van der Waals surface area contributed by atoms with Gasteiger partial charge in [-0.15, -0.1) is 11.3 Å². The first-order valence-electron chi connectivity index (χ1n) is 6.12. The van der Waals surface area contributed by atoms with Crippen LogP contribution in [0.5, 0.6) is 0 Å². The number of nitrogens with zero attached hydrogens (tertiary/aromatic N) is 1. The van der Waals surface area contributed by atoms with E-state index in [1.807, 2.05) is 0 Å². The first-order valence-corrected chi connectivity index (χ1v) is 7.00. The predicted octanol–water partition coefficient (Wildman–Crippen LogP) is 3.19. The summed E-state index contributed by atoms with van der Waals surface area (Å²) in [7, 11) is 0. The average Bonchev–Trinajstić information content (AvgIpc) is 2.69. The summed E-state index contributed by atoms with van der Waals surface area (Å²) in [5.41, 5.74) is 1.39. The van der Waals surface area contributed by atoms with E-state index in [-0.39, 0.29) is 5.41 Å². The van der Waals surface area contributed by atoms with Gasteiger partial charge in [-0.3, -0.25) is 0 Å². The molecule has 1 aromatic heterocycles. The Morgan fingerprint density at radius 1 is 1.50 bits per heavy atom. The van der Waals surface area contributed by atoms with Crippen LogP contribution in [0.4, 0.5) is 0 Å². The quantitative estimate of drug-likeness (QED) is 0.871. The van der Waals surface area contributed by atoms with E-state index in [9.17, 15) is 0 Å². The molecule has 2 rings (SSSR count). The number of rotatable bonds is 4. The fourth-order valence-electron chi connectivity index (χ4n) is 1.80. The molecular weight excluding hydrogens is 216 g/mol. The van der Waals surface area contributed by atoms with Gasteiger partial charge in [-0.25, -0.2) is 4.98 Å². The van der Waals surface area contributed by atoms with Gasteiger partial charge >= 0.3 is 0 Å². The molecule has 1 heterocycles. The van der Waals surface area contributed by atoms with E-state index in [2.05, 4.69) is 43.4 Å². The number of aromatic nitrogens is 1. The molecule has 0 spiro atoms. The fraction of sp³-hybridized carbons (Fsp3) is 0.769. The van der Waals surface area contributed by atoms with Crippen molar-refractivity contribution in [3.63, 3.8) is 0 Å². The molecule has 3 heteroatoms. The third-order valence-electron chi connectivity index (χ3n) is 3.18. The Hall–Kier alpha value is -0.410. The van der Waals surface area contributed by atoms with Crippen LogP contribution in [0, 0.1) is 11.8 Å². The van der Waals surface area contributed by atoms with Crippen LogP contribution in [-0.2, 0) is 12.0 Å². The van der Waals surface area contributed by atoms with Crippen LogP contribution in [-0.4, -0.2) is 11.5 Å². The molecule has 0 aromatic carbocycles. The summed E-state index contributed by atoms with van der Waals surface area (Å²) in [6.45, 7) is 11.1. The van der Waals surface area contributed by atoms with Crippen LogP contribution in [0.15, 0.2) is 5.38 Å². The largest absolute Gasteiger partial charge is 0.311 e. The van der Waals surface area contributed by atoms with E-state index in [0.717, 1.165) is 24.9 Å². The summed E-state index contributed by atoms with van der Waals surface area (Å²) >= 11 is 1.78. The Bertz CT molecular complexity index is 351. The summed E-state index contributed by atoms with van der Waals surface area (Å²) in [6, 6.07) is 0. The number of thiazole rings is 1. The lowest BCUT2D eigenvalue weighted by Gasteiger charge is -2.13. The monoisotopic (exact) mass is 238 g/mol. The zero-order valence-corrected chi connectivity index (χ0v) is 11.5. The van der Waals surface area contributed by atoms with E-state index >= 15 is 0 Å². The van der Waals surface area contributed by atoms with Gasteiger partial charge in [0.15, 0.2) is 0 Å². The second kappa shape index (κ2) is 4.46. The zero-order valence-electron chi connectivity index (χ0n) is 10.7. The second-order valence-electron chi connectivity index (χ2n) is 6.00. The molecule has 1 N–H and O–H groups in total. The molecule has 0 saturated heterocycles. The molecule has 2 nitrogen and oxygen atoms in total. The summed E-state index contributed by atoms with van der Waals surface area (Å²) < 4.78 is 0. The minimum atomic E-state index is 0.188. The smallest absolute Gasteiger partial charge is 0.0982 e. The maximum atomic E-state index is 4.67. The topological polar surface area (TPSA) is 24.9 Å². The molecule has 1 aliphatic carbocycles. The first kappa shape index (κ1) is 12.1. The SMILES string of the molecule is CC1CC1CNCc1csc(C(C)(C)C)n1. The van der Waals surface area contributed by atoms with E-state index < -0.39 is 0 Å². The molecule has 2 atom stereocenters. The lowest BCUT2D eigenvalue weighted by molar-refractivity contribution is 0.574. The molecule has 0 aliphatic heterocycles.